The minimum atomic E-state index is 0.318. The number of ether oxygens (including phenoxy) is 1. The molecule has 1 aliphatic rings. The van der Waals surface area contributed by atoms with Gasteiger partial charge in [0, 0.05) is 12.0 Å². The zero-order chi connectivity index (χ0) is 10.1. The van der Waals surface area contributed by atoms with Gasteiger partial charge in [0.15, 0.2) is 0 Å². The second-order valence-electron chi connectivity index (χ2n) is 5.19. The maximum atomic E-state index is 6.13. The number of hydrogen-bond acceptors (Lipinski definition) is 1. The van der Waals surface area contributed by atoms with Gasteiger partial charge in [-0.15, -0.1) is 11.6 Å². The van der Waals surface area contributed by atoms with Crippen LogP contribution in [0.1, 0.15) is 40.5 Å². The largest absolute Gasteiger partial charge is 0.378 e. The Bertz CT molecular complexity index is 162. The topological polar surface area (TPSA) is 9.23 Å². The molecule has 1 aliphatic heterocycles. The molecule has 3 atom stereocenters. The van der Waals surface area contributed by atoms with E-state index in [2.05, 4.69) is 27.7 Å². The van der Waals surface area contributed by atoms with Crippen LogP contribution in [-0.2, 0) is 4.74 Å². The van der Waals surface area contributed by atoms with E-state index in [0.717, 1.165) is 19.4 Å². The monoisotopic (exact) mass is 204 g/mol. The first-order chi connectivity index (χ1) is 5.91. The Morgan fingerprint density at radius 2 is 2.00 bits per heavy atom. The van der Waals surface area contributed by atoms with Gasteiger partial charge in [0.25, 0.3) is 0 Å². The summed E-state index contributed by atoms with van der Waals surface area (Å²) in [5.41, 5.74) is 0.318. The zero-order valence-electron chi connectivity index (χ0n) is 9.14. The Morgan fingerprint density at radius 1 is 1.38 bits per heavy atom. The minimum absolute atomic E-state index is 0.318. The standard InChI is InChI=1S/C11H21ClO/c1-8(11(2,3)4)10-7-9(12)5-6-13-10/h8-10H,5-7H2,1-4H3. The van der Waals surface area contributed by atoms with Crippen molar-refractivity contribution >= 4 is 11.6 Å². The predicted molar refractivity (Wildman–Crippen MR) is 57.2 cm³/mol. The van der Waals surface area contributed by atoms with Crippen molar-refractivity contribution in [3.05, 3.63) is 0 Å². The molecule has 1 nitrogen and oxygen atoms in total. The third kappa shape index (κ3) is 3.14. The van der Waals surface area contributed by atoms with Gasteiger partial charge in [-0.05, 0) is 24.2 Å². The van der Waals surface area contributed by atoms with E-state index >= 15 is 0 Å². The van der Waals surface area contributed by atoms with Crippen LogP contribution >= 0.6 is 11.6 Å². The summed E-state index contributed by atoms with van der Waals surface area (Å²) in [5.74, 6) is 0.578. The molecule has 1 fully saturated rings. The summed E-state index contributed by atoms with van der Waals surface area (Å²) in [6.07, 6.45) is 2.38. The molecule has 0 radical (unpaired) electrons. The normalized spacial score (nSPS) is 33.0. The van der Waals surface area contributed by atoms with Crippen LogP contribution in [0.2, 0.25) is 0 Å². The second-order valence-corrected chi connectivity index (χ2v) is 5.80. The SMILES string of the molecule is CC(C1CC(Cl)CCO1)C(C)(C)C. The highest BCUT2D eigenvalue weighted by Gasteiger charge is 2.32. The van der Waals surface area contributed by atoms with Gasteiger partial charge < -0.3 is 4.74 Å². The second kappa shape index (κ2) is 4.18. The Morgan fingerprint density at radius 3 is 2.46 bits per heavy atom. The van der Waals surface area contributed by atoms with Gasteiger partial charge >= 0.3 is 0 Å². The molecule has 1 saturated heterocycles. The summed E-state index contributed by atoms with van der Waals surface area (Å²) in [4.78, 5) is 0. The summed E-state index contributed by atoms with van der Waals surface area (Å²) in [7, 11) is 0. The predicted octanol–water partition coefficient (Wildman–Crippen LogP) is 3.46. The van der Waals surface area contributed by atoms with Crippen molar-refractivity contribution in [3.63, 3.8) is 0 Å². The molecule has 1 rings (SSSR count). The van der Waals surface area contributed by atoms with E-state index in [1.54, 1.807) is 0 Å². The molecule has 0 amide bonds. The Kier molecular flexibility index (Phi) is 3.64. The van der Waals surface area contributed by atoms with Crippen molar-refractivity contribution in [2.75, 3.05) is 6.61 Å². The fourth-order valence-corrected chi connectivity index (χ4v) is 1.96. The lowest BCUT2D eigenvalue weighted by Crippen LogP contribution is -2.37. The molecule has 0 aromatic carbocycles. The molecule has 0 spiro atoms. The van der Waals surface area contributed by atoms with Crippen molar-refractivity contribution in [3.8, 4) is 0 Å². The first-order valence-electron chi connectivity index (χ1n) is 5.17. The van der Waals surface area contributed by atoms with Gasteiger partial charge in [-0.25, -0.2) is 0 Å². The van der Waals surface area contributed by atoms with Crippen LogP contribution in [0, 0.1) is 11.3 Å². The Labute approximate surface area is 86.8 Å². The minimum Gasteiger partial charge on any atom is -0.378 e. The summed E-state index contributed by atoms with van der Waals surface area (Å²) in [6, 6.07) is 0. The van der Waals surface area contributed by atoms with Crippen LogP contribution in [0.4, 0.5) is 0 Å². The molecule has 0 aliphatic carbocycles. The summed E-state index contributed by atoms with van der Waals surface area (Å²) in [6.45, 7) is 9.88. The highest BCUT2D eigenvalue weighted by Crippen LogP contribution is 2.34. The molecule has 0 saturated carbocycles. The highest BCUT2D eigenvalue weighted by atomic mass is 35.5. The zero-order valence-corrected chi connectivity index (χ0v) is 9.90. The molecule has 0 aromatic heterocycles. The number of hydrogen-bond donors (Lipinski definition) is 0. The van der Waals surface area contributed by atoms with Crippen LogP contribution in [0.5, 0.6) is 0 Å². The summed E-state index contributed by atoms with van der Waals surface area (Å²) < 4.78 is 5.75. The van der Waals surface area contributed by atoms with Crippen molar-refractivity contribution < 1.29 is 4.74 Å². The fourth-order valence-electron chi connectivity index (χ4n) is 1.69. The molecule has 13 heavy (non-hydrogen) atoms. The molecule has 1 heterocycles. The maximum Gasteiger partial charge on any atom is 0.0619 e. The summed E-state index contributed by atoms with van der Waals surface area (Å²) in [5, 5.41) is 0.323. The number of halogens is 1. The number of rotatable bonds is 1. The summed E-state index contributed by atoms with van der Waals surface area (Å²) >= 11 is 6.13. The lowest BCUT2D eigenvalue weighted by Gasteiger charge is -2.37. The quantitative estimate of drug-likeness (QED) is 0.595. The fraction of sp³-hybridized carbons (Fsp3) is 1.00. The molecular weight excluding hydrogens is 184 g/mol. The lowest BCUT2D eigenvalue weighted by atomic mass is 9.77. The smallest absolute Gasteiger partial charge is 0.0619 e. The van der Waals surface area contributed by atoms with Gasteiger partial charge in [-0.2, -0.15) is 0 Å². The molecule has 0 N–H and O–H groups in total. The van der Waals surface area contributed by atoms with E-state index in [1.807, 2.05) is 0 Å². The van der Waals surface area contributed by atoms with Crippen LogP contribution in [0.25, 0.3) is 0 Å². The van der Waals surface area contributed by atoms with Gasteiger partial charge in [0.1, 0.15) is 0 Å². The lowest BCUT2D eigenvalue weighted by molar-refractivity contribution is -0.0438. The van der Waals surface area contributed by atoms with E-state index in [9.17, 15) is 0 Å². The van der Waals surface area contributed by atoms with E-state index in [0.29, 0.717) is 22.8 Å². The molecule has 0 aromatic rings. The molecule has 3 unspecified atom stereocenters. The van der Waals surface area contributed by atoms with E-state index < -0.39 is 0 Å². The van der Waals surface area contributed by atoms with Crippen molar-refractivity contribution in [1.82, 2.24) is 0 Å². The average Bonchev–Trinajstić information content (AvgIpc) is 2.01. The molecular formula is C11H21ClO. The molecule has 2 heteroatoms. The molecule has 0 bridgehead atoms. The Hall–Kier alpha value is 0.250. The van der Waals surface area contributed by atoms with Gasteiger partial charge in [0.05, 0.1) is 6.10 Å². The average molecular weight is 205 g/mol. The van der Waals surface area contributed by atoms with E-state index in [-0.39, 0.29) is 0 Å². The first-order valence-corrected chi connectivity index (χ1v) is 5.60. The van der Waals surface area contributed by atoms with Gasteiger partial charge in [-0.3, -0.25) is 0 Å². The van der Waals surface area contributed by atoms with Crippen LogP contribution < -0.4 is 0 Å². The first kappa shape index (κ1) is 11.3. The van der Waals surface area contributed by atoms with Crippen LogP contribution in [0.3, 0.4) is 0 Å². The Balaban J connectivity index is 2.51. The van der Waals surface area contributed by atoms with Crippen LogP contribution in [0.15, 0.2) is 0 Å². The maximum absolute atomic E-state index is 6.13. The molecule has 78 valence electrons. The van der Waals surface area contributed by atoms with Gasteiger partial charge in [-0.1, -0.05) is 27.7 Å². The third-order valence-corrected chi connectivity index (χ3v) is 3.57. The van der Waals surface area contributed by atoms with Crippen molar-refractivity contribution in [2.45, 2.75) is 52.0 Å². The third-order valence-electron chi connectivity index (χ3n) is 3.17. The highest BCUT2D eigenvalue weighted by molar-refractivity contribution is 6.20. The van der Waals surface area contributed by atoms with Crippen LogP contribution in [-0.4, -0.2) is 18.1 Å². The van der Waals surface area contributed by atoms with E-state index in [1.165, 1.54) is 0 Å². The number of alkyl halides is 1. The van der Waals surface area contributed by atoms with Gasteiger partial charge in [0.2, 0.25) is 0 Å². The van der Waals surface area contributed by atoms with E-state index in [4.69, 9.17) is 16.3 Å². The van der Waals surface area contributed by atoms with Crippen molar-refractivity contribution in [1.29, 1.82) is 0 Å². The van der Waals surface area contributed by atoms with Crippen molar-refractivity contribution in [2.24, 2.45) is 11.3 Å².